The summed E-state index contributed by atoms with van der Waals surface area (Å²) in [5.41, 5.74) is 2.52. The monoisotopic (exact) mass is 456 g/mol. The Kier molecular flexibility index (Phi) is 5.68. The van der Waals surface area contributed by atoms with Crippen molar-refractivity contribution in [3.05, 3.63) is 35.7 Å². The molecular weight excluding hydrogens is 433 g/mol. The van der Waals surface area contributed by atoms with Crippen molar-refractivity contribution in [1.82, 2.24) is 15.2 Å². The Morgan fingerprint density at radius 3 is 2.39 bits per heavy atom. The minimum Gasteiger partial charge on any atom is -0.483 e. The summed E-state index contributed by atoms with van der Waals surface area (Å²) in [5.74, 6) is 0.152. The molecular formula is C20H23F3N4O3S. The van der Waals surface area contributed by atoms with Crippen LogP contribution in [0.15, 0.2) is 29.3 Å². The zero-order chi connectivity index (χ0) is 23.2. The summed E-state index contributed by atoms with van der Waals surface area (Å²) >= 11 is 0. The highest BCUT2D eigenvalue weighted by Crippen LogP contribution is 2.38. The lowest BCUT2D eigenvalue weighted by atomic mass is 10.1. The summed E-state index contributed by atoms with van der Waals surface area (Å²) in [6, 6.07) is 4.15. The zero-order valence-electron chi connectivity index (χ0n) is 17.7. The quantitative estimate of drug-likeness (QED) is 0.571. The summed E-state index contributed by atoms with van der Waals surface area (Å²) in [7, 11) is -4.03. The van der Waals surface area contributed by atoms with Gasteiger partial charge in [0.05, 0.1) is 16.0 Å². The topological polar surface area (TPSA) is 97.0 Å². The maximum Gasteiger partial charge on any atom is 0.422 e. The number of rotatable bonds is 5. The average Bonchev–Trinajstić information content (AvgIpc) is 2.96. The minimum absolute atomic E-state index is 0.278. The number of H-pyrrole nitrogens is 1. The van der Waals surface area contributed by atoms with E-state index in [1.165, 1.54) is 39.1 Å². The second-order valence-corrected chi connectivity index (χ2v) is 10.8. The van der Waals surface area contributed by atoms with Gasteiger partial charge in [-0.25, -0.2) is 8.42 Å². The molecule has 0 aliphatic rings. The van der Waals surface area contributed by atoms with Crippen LogP contribution < -0.4 is 10.1 Å². The molecule has 0 bridgehead atoms. The molecule has 2 heterocycles. The second kappa shape index (κ2) is 7.70. The third kappa shape index (κ3) is 4.60. The maximum atomic E-state index is 13.2. The van der Waals surface area contributed by atoms with Crippen molar-refractivity contribution >= 4 is 32.2 Å². The number of aromatic nitrogens is 3. The Balaban J connectivity index is 2.20. The molecule has 0 spiro atoms. The number of halogens is 3. The van der Waals surface area contributed by atoms with Gasteiger partial charge >= 0.3 is 6.18 Å². The van der Waals surface area contributed by atoms with Crippen molar-refractivity contribution in [2.75, 3.05) is 11.9 Å². The first-order valence-electron chi connectivity index (χ1n) is 9.36. The van der Waals surface area contributed by atoms with Crippen LogP contribution in [0.1, 0.15) is 32.0 Å². The van der Waals surface area contributed by atoms with Gasteiger partial charge in [-0.1, -0.05) is 0 Å². The number of ether oxygens (including phenoxy) is 1. The summed E-state index contributed by atoms with van der Waals surface area (Å²) in [6.45, 7) is 6.52. The predicted octanol–water partition coefficient (Wildman–Crippen LogP) is 4.83. The lowest BCUT2D eigenvalue weighted by Gasteiger charge is -2.22. The Labute approximate surface area is 177 Å². The molecule has 3 aromatic rings. The first kappa shape index (κ1) is 22.9. The number of nitrogens with one attached hydrogen (secondary N) is 2. The number of fused-ring (bicyclic) bond motifs is 1. The van der Waals surface area contributed by atoms with Crippen molar-refractivity contribution in [2.45, 2.75) is 50.4 Å². The summed E-state index contributed by atoms with van der Waals surface area (Å²) in [6.07, 6.45) is -3.16. The summed E-state index contributed by atoms with van der Waals surface area (Å²) in [4.78, 5) is 3.85. The third-order valence-electron chi connectivity index (χ3n) is 4.80. The van der Waals surface area contributed by atoms with E-state index in [1.807, 2.05) is 13.8 Å². The molecule has 1 aromatic carbocycles. The highest BCUT2D eigenvalue weighted by molar-refractivity contribution is 7.92. The fraction of sp³-hybridized carbons (Fsp3) is 0.400. The number of pyridine rings is 1. The van der Waals surface area contributed by atoms with E-state index in [0.717, 1.165) is 11.3 Å². The Hall–Kier alpha value is -2.82. The predicted molar refractivity (Wildman–Crippen MR) is 112 cm³/mol. The van der Waals surface area contributed by atoms with Crippen LogP contribution in [0.3, 0.4) is 0 Å². The van der Waals surface area contributed by atoms with Crippen LogP contribution in [0.2, 0.25) is 0 Å². The molecule has 2 aromatic heterocycles. The van der Waals surface area contributed by atoms with Gasteiger partial charge in [0.1, 0.15) is 10.6 Å². The number of anilines is 2. The van der Waals surface area contributed by atoms with Crippen molar-refractivity contribution in [2.24, 2.45) is 0 Å². The Bertz CT molecular complexity index is 1230. The number of benzene rings is 1. The number of aryl methyl sites for hydroxylation is 1. The van der Waals surface area contributed by atoms with Gasteiger partial charge < -0.3 is 10.1 Å². The van der Waals surface area contributed by atoms with Gasteiger partial charge in [-0.2, -0.15) is 18.3 Å². The highest BCUT2D eigenvalue weighted by atomic mass is 32.2. The minimum atomic E-state index is -4.62. The van der Waals surface area contributed by atoms with E-state index in [9.17, 15) is 21.6 Å². The number of aromatic amines is 1. The van der Waals surface area contributed by atoms with E-state index in [2.05, 4.69) is 20.5 Å². The van der Waals surface area contributed by atoms with Gasteiger partial charge in [-0.3, -0.25) is 10.1 Å². The molecule has 0 atom stereocenters. The number of hydrogen-bond acceptors (Lipinski definition) is 6. The van der Waals surface area contributed by atoms with E-state index >= 15 is 0 Å². The Morgan fingerprint density at radius 1 is 1.16 bits per heavy atom. The smallest absolute Gasteiger partial charge is 0.422 e. The van der Waals surface area contributed by atoms with Gasteiger partial charge in [-0.15, -0.1) is 0 Å². The maximum absolute atomic E-state index is 13.2. The Morgan fingerprint density at radius 2 is 1.84 bits per heavy atom. The number of hydrogen-bond donors (Lipinski definition) is 2. The van der Waals surface area contributed by atoms with E-state index in [4.69, 9.17) is 4.74 Å². The standard InChI is InChI=1S/C20H23F3N4O3S/c1-11-12(2)26-27-18(11)25-14-6-7-24-15-9-16(30-10-20(21,22)23)17(8-13(14)15)31(28,29)19(3,4)5/h6-9H,10H2,1-5H3,(H2,24,25,26,27). The van der Waals surface area contributed by atoms with Crippen LogP contribution in [0, 0.1) is 13.8 Å². The SMILES string of the molecule is Cc1[nH]nc(Nc2ccnc3cc(OCC(F)(F)F)c(S(=O)(=O)C(C)(C)C)cc23)c1C. The molecule has 0 fully saturated rings. The van der Waals surface area contributed by atoms with Gasteiger partial charge in [-0.05, 0) is 46.8 Å². The van der Waals surface area contributed by atoms with Crippen molar-refractivity contribution < 1.29 is 26.3 Å². The number of nitrogens with zero attached hydrogens (tertiary/aromatic N) is 2. The van der Waals surface area contributed by atoms with E-state index < -0.39 is 33.1 Å². The van der Waals surface area contributed by atoms with Crippen molar-refractivity contribution in [3.63, 3.8) is 0 Å². The molecule has 0 saturated heterocycles. The average molecular weight is 456 g/mol. The highest BCUT2D eigenvalue weighted by Gasteiger charge is 2.36. The van der Waals surface area contributed by atoms with Gasteiger partial charge in [0.15, 0.2) is 22.3 Å². The largest absolute Gasteiger partial charge is 0.483 e. The summed E-state index contributed by atoms with van der Waals surface area (Å²) < 4.78 is 68.2. The molecule has 2 N–H and O–H groups in total. The first-order valence-corrected chi connectivity index (χ1v) is 10.8. The van der Waals surface area contributed by atoms with Crippen molar-refractivity contribution in [1.29, 1.82) is 0 Å². The molecule has 0 aliphatic carbocycles. The lowest BCUT2D eigenvalue weighted by molar-refractivity contribution is -0.153. The van der Waals surface area contributed by atoms with Crippen LogP contribution >= 0.6 is 0 Å². The lowest BCUT2D eigenvalue weighted by Crippen LogP contribution is -2.29. The van der Waals surface area contributed by atoms with Gasteiger partial charge in [0.25, 0.3) is 0 Å². The molecule has 168 valence electrons. The zero-order valence-corrected chi connectivity index (χ0v) is 18.5. The third-order valence-corrected chi connectivity index (χ3v) is 7.31. The van der Waals surface area contributed by atoms with Crippen LogP contribution in [0.5, 0.6) is 5.75 Å². The molecule has 3 rings (SSSR count). The van der Waals surface area contributed by atoms with Crippen molar-refractivity contribution in [3.8, 4) is 5.75 Å². The molecule has 0 unspecified atom stereocenters. The normalized spacial score (nSPS) is 12.9. The number of sulfone groups is 1. The fourth-order valence-electron chi connectivity index (χ4n) is 2.81. The molecule has 0 aliphatic heterocycles. The van der Waals surface area contributed by atoms with Crippen LogP contribution in [-0.4, -0.2) is 41.1 Å². The molecule has 0 saturated carbocycles. The number of alkyl halides is 3. The molecule has 7 nitrogen and oxygen atoms in total. The first-order chi connectivity index (χ1) is 14.2. The second-order valence-electron chi connectivity index (χ2n) is 8.14. The molecule has 0 amide bonds. The molecule has 0 radical (unpaired) electrons. The molecule has 31 heavy (non-hydrogen) atoms. The van der Waals surface area contributed by atoms with Crippen LogP contribution in [-0.2, 0) is 9.84 Å². The summed E-state index contributed by atoms with van der Waals surface area (Å²) in [5, 5.41) is 10.6. The van der Waals surface area contributed by atoms with E-state index in [-0.39, 0.29) is 10.4 Å². The van der Waals surface area contributed by atoms with Gasteiger partial charge in [0.2, 0.25) is 0 Å². The van der Waals surface area contributed by atoms with Crippen LogP contribution in [0.4, 0.5) is 24.7 Å². The molecule has 11 heteroatoms. The van der Waals surface area contributed by atoms with Gasteiger partial charge in [0, 0.05) is 28.9 Å². The van der Waals surface area contributed by atoms with Crippen LogP contribution in [0.25, 0.3) is 10.9 Å². The van der Waals surface area contributed by atoms with E-state index in [0.29, 0.717) is 16.9 Å². The van der Waals surface area contributed by atoms with E-state index in [1.54, 1.807) is 6.07 Å². The fourth-order valence-corrected chi connectivity index (χ4v) is 4.12.